The Balaban J connectivity index is 1.81. The van der Waals surface area contributed by atoms with Gasteiger partial charge in [-0.1, -0.05) is 26.7 Å². The lowest BCUT2D eigenvalue weighted by Gasteiger charge is -2.37. The van der Waals surface area contributed by atoms with E-state index in [4.69, 9.17) is 0 Å². The van der Waals surface area contributed by atoms with Crippen molar-refractivity contribution in [3.8, 4) is 0 Å². The van der Waals surface area contributed by atoms with Crippen LogP contribution >= 0.6 is 0 Å². The van der Waals surface area contributed by atoms with E-state index in [9.17, 15) is 9.59 Å². The number of piperazine rings is 1. The van der Waals surface area contributed by atoms with Crippen LogP contribution in [0.15, 0.2) is 0 Å². The molecule has 108 valence electrons. The van der Waals surface area contributed by atoms with Crippen LogP contribution in [0.25, 0.3) is 0 Å². The Morgan fingerprint density at radius 3 is 2.11 bits per heavy atom. The first-order valence-corrected chi connectivity index (χ1v) is 7.71. The molecule has 2 amide bonds. The van der Waals surface area contributed by atoms with Crippen molar-refractivity contribution < 1.29 is 9.59 Å². The highest BCUT2D eigenvalue weighted by Crippen LogP contribution is 2.27. The second kappa shape index (κ2) is 6.40. The average Bonchev–Trinajstić information content (AvgIpc) is 2.99. The van der Waals surface area contributed by atoms with E-state index in [2.05, 4.69) is 0 Å². The maximum atomic E-state index is 12.3. The summed E-state index contributed by atoms with van der Waals surface area (Å²) in [5, 5.41) is 0. The van der Waals surface area contributed by atoms with Gasteiger partial charge in [0.05, 0.1) is 0 Å². The Morgan fingerprint density at radius 1 is 1.05 bits per heavy atom. The van der Waals surface area contributed by atoms with Gasteiger partial charge < -0.3 is 9.80 Å². The summed E-state index contributed by atoms with van der Waals surface area (Å²) >= 11 is 0. The van der Waals surface area contributed by atoms with E-state index >= 15 is 0 Å². The largest absolute Gasteiger partial charge is 0.339 e. The van der Waals surface area contributed by atoms with Crippen LogP contribution in [-0.4, -0.2) is 47.8 Å². The van der Waals surface area contributed by atoms with E-state index < -0.39 is 0 Å². The molecule has 2 aliphatic rings. The van der Waals surface area contributed by atoms with Crippen molar-refractivity contribution in [1.82, 2.24) is 9.80 Å². The Labute approximate surface area is 116 Å². The molecular weight excluding hydrogens is 240 g/mol. The summed E-state index contributed by atoms with van der Waals surface area (Å²) in [5.41, 5.74) is 0. The van der Waals surface area contributed by atoms with Crippen LogP contribution in [0.3, 0.4) is 0 Å². The molecule has 2 rings (SSSR count). The van der Waals surface area contributed by atoms with Crippen LogP contribution in [-0.2, 0) is 9.59 Å². The number of hydrogen-bond acceptors (Lipinski definition) is 2. The molecule has 4 heteroatoms. The molecule has 4 nitrogen and oxygen atoms in total. The molecular formula is C15H26N2O2. The zero-order valence-corrected chi connectivity index (χ0v) is 12.2. The van der Waals surface area contributed by atoms with Crippen molar-refractivity contribution >= 4 is 11.8 Å². The molecule has 1 aliphatic heterocycles. The van der Waals surface area contributed by atoms with Gasteiger partial charge in [-0.25, -0.2) is 0 Å². The number of nitrogens with zero attached hydrogens (tertiary/aromatic N) is 2. The lowest BCUT2D eigenvalue weighted by atomic mass is 10.1. The molecule has 19 heavy (non-hydrogen) atoms. The monoisotopic (exact) mass is 266 g/mol. The zero-order chi connectivity index (χ0) is 13.8. The summed E-state index contributed by atoms with van der Waals surface area (Å²) in [4.78, 5) is 28.3. The zero-order valence-electron chi connectivity index (χ0n) is 12.2. The van der Waals surface area contributed by atoms with Crippen LogP contribution in [0, 0.1) is 11.8 Å². The first kappa shape index (κ1) is 14.4. The first-order valence-electron chi connectivity index (χ1n) is 7.71. The van der Waals surface area contributed by atoms with Gasteiger partial charge in [-0.3, -0.25) is 9.59 Å². The highest BCUT2D eigenvalue weighted by molar-refractivity contribution is 5.81. The smallest absolute Gasteiger partial charge is 0.225 e. The average molecular weight is 266 g/mol. The number of rotatable bonds is 3. The SMILES string of the molecule is CCC(C)C(=O)N1CCN(C(=O)C2CCCC2)CC1. The third-order valence-electron chi connectivity index (χ3n) is 4.64. The molecule has 1 saturated carbocycles. The molecule has 1 unspecified atom stereocenters. The number of carbonyl (C=O) groups excluding carboxylic acids is 2. The van der Waals surface area contributed by atoms with Crippen molar-refractivity contribution in [1.29, 1.82) is 0 Å². The van der Waals surface area contributed by atoms with E-state index in [0.29, 0.717) is 19.0 Å². The molecule has 1 saturated heterocycles. The van der Waals surface area contributed by atoms with Gasteiger partial charge in [0.1, 0.15) is 0 Å². The van der Waals surface area contributed by atoms with Crippen molar-refractivity contribution in [2.24, 2.45) is 11.8 Å². The van der Waals surface area contributed by atoms with E-state index in [1.165, 1.54) is 12.8 Å². The number of amides is 2. The van der Waals surface area contributed by atoms with Gasteiger partial charge >= 0.3 is 0 Å². The topological polar surface area (TPSA) is 40.6 Å². The summed E-state index contributed by atoms with van der Waals surface area (Å²) in [7, 11) is 0. The van der Waals surface area contributed by atoms with Gasteiger partial charge in [0.15, 0.2) is 0 Å². The van der Waals surface area contributed by atoms with Crippen LogP contribution in [0.4, 0.5) is 0 Å². The summed E-state index contributed by atoms with van der Waals surface area (Å²) in [6.07, 6.45) is 5.40. The summed E-state index contributed by atoms with van der Waals surface area (Å²) in [6.45, 7) is 6.89. The second-order valence-corrected chi connectivity index (χ2v) is 5.94. The van der Waals surface area contributed by atoms with Gasteiger partial charge in [-0.2, -0.15) is 0 Å². The highest BCUT2D eigenvalue weighted by atomic mass is 16.2. The van der Waals surface area contributed by atoms with E-state index in [0.717, 1.165) is 32.4 Å². The quantitative estimate of drug-likeness (QED) is 0.782. The minimum absolute atomic E-state index is 0.108. The summed E-state index contributed by atoms with van der Waals surface area (Å²) in [5.74, 6) is 0.942. The molecule has 1 aliphatic carbocycles. The fourth-order valence-electron chi connectivity index (χ4n) is 3.06. The standard InChI is InChI=1S/C15H26N2O2/c1-3-12(2)14(18)16-8-10-17(11-9-16)15(19)13-6-4-5-7-13/h12-13H,3-11H2,1-2H3. The van der Waals surface area contributed by atoms with Gasteiger partial charge in [0.2, 0.25) is 11.8 Å². The third kappa shape index (κ3) is 3.28. The molecule has 0 bridgehead atoms. The minimum atomic E-state index is 0.108. The molecule has 0 aromatic rings. The van der Waals surface area contributed by atoms with Crippen LogP contribution in [0.2, 0.25) is 0 Å². The van der Waals surface area contributed by atoms with Gasteiger partial charge in [-0.05, 0) is 19.3 Å². The normalized spacial score (nSPS) is 22.6. The summed E-state index contributed by atoms with van der Waals surface area (Å²) in [6, 6.07) is 0. The Bertz CT molecular complexity index is 329. The molecule has 0 N–H and O–H groups in total. The number of carbonyl (C=O) groups is 2. The maximum Gasteiger partial charge on any atom is 0.225 e. The lowest BCUT2D eigenvalue weighted by molar-refractivity contribution is -0.143. The number of hydrogen-bond donors (Lipinski definition) is 0. The van der Waals surface area contributed by atoms with Crippen LogP contribution in [0.5, 0.6) is 0 Å². The van der Waals surface area contributed by atoms with Crippen molar-refractivity contribution in [2.75, 3.05) is 26.2 Å². The summed E-state index contributed by atoms with van der Waals surface area (Å²) < 4.78 is 0. The predicted octanol–water partition coefficient (Wildman–Crippen LogP) is 1.89. The van der Waals surface area contributed by atoms with Crippen molar-refractivity contribution in [2.45, 2.75) is 46.0 Å². The highest BCUT2D eigenvalue weighted by Gasteiger charge is 2.31. The Morgan fingerprint density at radius 2 is 1.58 bits per heavy atom. The van der Waals surface area contributed by atoms with Crippen LogP contribution in [0.1, 0.15) is 46.0 Å². The van der Waals surface area contributed by atoms with E-state index in [1.54, 1.807) is 0 Å². The fourth-order valence-corrected chi connectivity index (χ4v) is 3.06. The first-order chi connectivity index (χ1) is 9.13. The molecule has 0 aromatic heterocycles. The van der Waals surface area contributed by atoms with Gasteiger partial charge in [-0.15, -0.1) is 0 Å². The molecule has 0 spiro atoms. The van der Waals surface area contributed by atoms with E-state index in [-0.39, 0.29) is 17.7 Å². The molecule has 1 heterocycles. The molecule has 1 atom stereocenters. The van der Waals surface area contributed by atoms with Crippen molar-refractivity contribution in [3.63, 3.8) is 0 Å². The Hall–Kier alpha value is -1.06. The Kier molecular flexibility index (Phi) is 4.83. The minimum Gasteiger partial charge on any atom is -0.339 e. The van der Waals surface area contributed by atoms with Gasteiger partial charge in [0, 0.05) is 38.0 Å². The van der Waals surface area contributed by atoms with Crippen molar-refractivity contribution in [3.05, 3.63) is 0 Å². The molecule has 2 fully saturated rings. The predicted molar refractivity (Wildman–Crippen MR) is 74.6 cm³/mol. The van der Waals surface area contributed by atoms with E-state index in [1.807, 2.05) is 23.6 Å². The van der Waals surface area contributed by atoms with Gasteiger partial charge in [0.25, 0.3) is 0 Å². The second-order valence-electron chi connectivity index (χ2n) is 5.94. The molecule has 0 aromatic carbocycles. The fraction of sp³-hybridized carbons (Fsp3) is 0.867. The van der Waals surface area contributed by atoms with Crippen LogP contribution < -0.4 is 0 Å². The molecule has 0 radical (unpaired) electrons. The third-order valence-corrected chi connectivity index (χ3v) is 4.64. The maximum absolute atomic E-state index is 12.3. The lowest BCUT2D eigenvalue weighted by Crippen LogP contribution is -2.52.